The Labute approximate surface area is 105 Å². The van der Waals surface area contributed by atoms with Crippen molar-refractivity contribution in [1.29, 1.82) is 5.41 Å². The molecular formula is C15H13NO2. The molecular weight excluding hydrogens is 226 g/mol. The van der Waals surface area contributed by atoms with Crippen LogP contribution in [0.4, 0.5) is 0 Å². The normalized spacial score (nSPS) is 13.6. The second-order valence-corrected chi connectivity index (χ2v) is 4.01. The van der Waals surface area contributed by atoms with E-state index in [0.29, 0.717) is 17.4 Å². The van der Waals surface area contributed by atoms with Crippen molar-refractivity contribution in [2.45, 2.75) is 5.41 Å². The van der Waals surface area contributed by atoms with Crippen molar-refractivity contribution in [2.24, 2.45) is 0 Å². The minimum atomic E-state index is -1.23. The number of carbonyl (C=O) groups is 1. The van der Waals surface area contributed by atoms with Gasteiger partial charge in [0.1, 0.15) is 17.5 Å². The fourth-order valence-corrected chi connectivity index (χ4v) is 2.02. The Morgan fingerprint density at radius 1 is 1.00 bits per heavy atom. The van der Waals surface area contributed by atoms with Gasteiger partial charge in [-0.1, -0.05) is 48.5 Å². The van der Waals surface area contributed by atoms with Gasteiger partial charge in [0, 0.05) is 11.8 Å². The highest BCUT2D eigenvalue weighted by molar-refractivity contribution is 5.98. The quantitative estimate of drug-likeness (QED) is 0.636. The standard InChI is InChI=1S/C15H13NO2/c16-10-15(11-17,12-6-2-1-3-7-12)13-8-4-5-9-14(13)18/h1-11,16,18H. The van der Waals surface area contributed by atoms with E-state index < -0.39 is 5.41 Å². The first-order chi connectivity index (χ1) is 8.74. The van der Waals surface area contributed by atoms with Crippen LogP contribution in [0.25, 0.3) is 0 Å². The van der Waals surface area contributed by atoms with E-state index in [1.54, 1.807) is 42.5 Å². The Morgan fingerprint density at radius 3 is 2.17 bits per heavy atom. The number of hydrogen-bond donors (Lipinski definition) is 2. The lowest BCUT2D eigenvalue weighted by molar-refractivity contribution is -0.109. The average Bonchev–Trinajstić information content (AvgIpc) is 2.44. The molecule has 0 aliphatic rings. The highest BCUT2D eigenvalue weighted by atomic mass is 16.3. The first-order valence-electron chi connectivity index (χ1n) is 5.56. The average molecular weight is 239 g/mol. The van der Waals surface area contributed by atoms with Crippen LogP contribution in [-0.4, -0.2) is 17.6 Å². The summed E-state index contributed by atoms with van der Waals surface area (Å²) in [5.74, 6) is 0.0111. The maximum absolute atomic E-state index is 11.5. The van der Waals surface area contributed by atoms with E-state index in [1.165, 1.54) is 6.07 Å². The number of aromatic hydroxyl groups is 1. The molecule has 0 bridgehead atoms. The van der Waals surface area contributed by atoms with Gasteiger partial charge in [-0.05, 0) is 11.6 Å². The second-order valence-electron chi connectivity index (χ2n) is 4.01. The van der Waals surface area contributed by atoms with Crippen molar-refractivity contribution < 1.29 is 9.90 Å². The molecule has 2 rings (SSSR count). The summed E-state index contributed by atoms with van der Waals surface area (Å²) in [5, 5.41) is 17.5. The minimum Gasteiger partial charge on any atom is -0.508 e. The lowest BCUT2D eigenvalue weighted by Gasteiger charge is -2.25. The van der Waals surface area contributed by atoms with Crippen molar-refractivity contribution >= 4 is 12.5 Å². The lowest BCUT2D eigenvalue weighted by atomic mass is 9.76. The van der Waals surface area contributed by atoms with Gasteiger partial charge in [-0.3, -0.25) is 0 Å². The van der Waals surface area contributed by atoms with E-state index in [4.69, 9.17) is 5.41 Å². The largest absolute Gasteiger partial charge is 0.508 e. The Morgan fingerprint density at radius 2 is 1.61 bits per heavy atom. The van der Waals surface area contributed by atoms with Gasteiger partial charge in [-0.15, -0.1) is 0 Å². The zero-order valence-corrected chi connectivity index (χ0v) is 9.71. The predicted molar refractivity (Wildman–Crippen MR) is 70.2 cm³/mol. The molecule has 0 aliphatic carbocycles. The van der Waals surface area contributed by atoms with E-state index in [1.807, 2.05) is 6.07 Å². The van der Waals surface area contributed by atoms with Crippen LogP contribution in [0.2, 0.25) is 0 Å². The molecule has 18 heavy (non-hydrogen) atoms. The number of phenolic OH excluding ortho intramolecular Hbond substituents is 1. The second kappa shape index (κ2) is 4.84. The smallest absolute Gasteiger partial charge is 0.140 e. The lowest BCUT2D eigenvalue weighted by Crippen LogP contribution is -2.31. The molecule has 0 saturated heterocycles. The molecule has 0 amide bonds. The van der Waals surface area contributed by atoms with E-state index >= 15 is 0 Å². The fraction of sp³-hybridized carbons (Fsp3) is 0.0667. The van der Waals surface area contributed by atoms with E-state index in [9.17, 15) is 9.90 Å². The van der Waals surface area contributed by atoms with Crippen molar-refractivity contribution in [2.75, 3.05) is 0 Å². The third kappa shape index (κ3) is 1.80. The number of nitrogens with one attached hydrogen (secondary N) is 1. The van der Waals surface area contributed by atoms with Crippen molar-refractivity contribution in [3.8, 4) is 5.75 Å². The first-order valence-corrected chi connectivity index (χ1v) is 5.56. The molecule has 2 aromatic rings. The molecule has 2 aromatic carbocycles. The van der Waals surface area contributed by atoms with Crippen LogP contribution in [0.3, 0.4) is 0 Å². The third-order valence-corrected chi connectivity index (χ3v) is 3.01. The molecule has 0 spiro atoms. The topological polar surface area (TPSA) is 61.2 Å². The molecule has 3 nitrogen and oxygen atoms in total. The highest BCUT2D eigenvalue weighted by Crippen LogP contribution is 2.34. The summed E-state index contributed by atoms with van der Waals surface area (Å²) in [7, 11) is 0. The van der Waals surface area contributed by atoms with Gasteiger partial charge < -0.3 is 15.3 Å². The van der Waals surface area contributed by atoms with Gasteiger partial charge in [-0.25, -0.2) is 0 Å². The Bertz CT molecular complexity index is 556. The Balaban J connectivity index is 2.70. The van der Waals surface area contributed by atoms with E-state index in [0.717, 1.165) is 6.21 Å². The Hall–Kier alpha value is -2.42. The summed E-state index contributed by atoms with van der Waals surface area (Å²) >= 11 is 0. The van der Waals surface area contributed by atoms with E-state index in [2.05, 4.69) is 0 Å². The van der Waals surface area contributed by atoms with Gasteiger partial charge in [0.05, 0.1) is 0 Å². The predicted octanol–water partition coefficient (Wildman–Crippen LogP) is 2.53. The molecule has 0 aliphatic heterocycles. The summed E-state index contributed by atoms with van der Waals surface area (Å²) < 4.78 is 0. The van der Waals surface area contributed by atoms with Gasteiger partial charge in [-0.2, -0.15) is 0 Å². The number of phenols is 1. The molecule has 0 radical (unpaired) electrons. The van der Waals surface area contributed by atoms with Crippen molar-refractivity contribution in [1.82, 2.24) is 0 Å². The molecule has 0 heterocycles. The van der Waals surface area contributed by atoms with Gasteiger partial charge in [0.2, 0.25) is 0 Å². The summed E-state index contributed by atoms with van der Waals surface area (Å²) in [4.78, 5) is 11.5. The van der Waals surface area contributed by atoms with Gasteiger partial charge >= 0.3 is 0 Å². The molecule has 0 saturated carbocycles. The molecule has 2 N–H and O–H groups in total. The van der Waals surface area contributed by atoms with Crippen LogP contribution in [0.5, 0.6) is 5.75 Å². The molecule has 0 aromatic heterocycles. The van der Waals surface area contributed by atoms with Gasteiger partial charge in [0.15, 0.2) is 0 Å². The summed E-state index contributed by atoms with van der Waals surface area (Å²) in [6.45, 7) is 0. The number of hydrogen-bond acceptors (Lipinski definition) is 3. The SMILES string of the molecule is N=CC(C=O)(c1ccccc1)c1ccccc1O. The number of benzene rings is 2. The third-order valence-electron chi connectivity index (χ3n) is 3.01. The highest BCUT2D eigenvalue weighted by Gasteiger charge is 2.34. The molecule has 90 valence electrons. The molecule has 3 heteroatoms. The number of aldehydes is 1. The van der Waals surface area contributed by atoms with Gasteiger partial charge in [0.25, 0.3) is 0 Å². The fourth-order valence-electron chi connectivity index (χ4n) is 2.02. The van der Waals surface area contributed by atoms with E-state index in [-0.39, 0.29) is 5.75 Å². The van der Waals surface area contributed by atoms with Crippen molar-refractivity contribution in [3.05, 3.63) is 65.7 Å². The van der Waals surface area contributed by atoms with Crippen LogP contribution >= 0.6 is 0 Å². The monoisotopic (exact) mass is 239 g/mol. The van der Waals surface area contributed by atoms with Crippen LogP contribution in [0, 0.1) is 5.41 Å². The van der Waals surface area contributed by atoms with Crippen LogP contribution in [-0.2, 0) is 10.2 Å². The van der Waals surface area contributed by atoms with Crippen molar-refractivity contribution in [3.63, 3.8) is 0 Å². The number of para-hydroxylation sites is 1. The zero-order chi connectivity index (χ0) is 13.0. The maximum Gasteiger partial charge on any atom is 0.140 e. The first kappa shape index (κ1) is 12.0. The molecule has 0 fully saturated rings. The summed E-state index contributed by atoms with van der Waals surface area (Å²) in [6, 6.07) is 15.6. The van der Waals surface area contributed by atoms with Crippen LogP contribution in [0.1, 0.15) is 11.1 Å². The minimum absolute atomic E-state index is 0.0111. The van der Waals surface area contributed by atoms with Crippen LogP contribution < -0.4 is 0 Å². The summed E-state index contributed by atoms with van der Waals surface area (Å²) in [5.41, 5.74) is -0.148. The molecule has 1 unspecified atom stereocenters. The molecule has 1 atom stereocenters. The van der Waals surface area contributed by atoms with Crippen LogP contribution in [0.15, 0.2) is 54.6 Å². The maximum atomic E-state index is 11.5. The Kier molecular flexibility index (Phi) is 3.24. The zero-order valence-electron chi connectivity index (χ0n) is 9.71. The summed E-state index contributed by atoms with van der Waals surface area (Å²) in [6.07, 6.45) is 1.74. The number of rotatable bonds is 4. The number of carbonyl (C=O) groups excluding carboxylic acids is 1.